The van der Waals surface area contributed by atoms with Gasteiger partial charge in [-0.15, -0.1) is 0 Å². The number of carboxylic acids is 1. The number of imidazole rings is 1. The molecule has 206 valence electrons. The minimum Gasteiger partial charge on any atom is -0.480 e. The van der Waals surface area contributed by atoms with Crippen molar-refractivity contribution in [3.8, 4) is 0 Å². The Bertz CT molecular complexity index is 1210. The van der Waals surface area contributed by atoms with Crippen LogP contribution in [0.25, 0.3) is 11.2 Å². The Hall–Kier alpha value is -2.91. The first-order chi connectivity index (χ1) is 18.2. The van der Waals surface area contributed by atoms with Gasteiger partial charge in [0.25, 0.3) is 0 Å². The van der Waals surface area contributed by atoms with Crippen LogP contribution in [0, 0.1) is 0 Å². The van der Waals surface area contributed by atoms with E-state index in [9.17, 15) is 20.1 Å². The van der Waals surface area contributed by atoms with E-state index in [4.69, 9.17) is 27.8 Å². The number of ether oxygens (including phenoxy) is 1. The maximum atomic E-state index is 11.2. The number of aliphatic hydroxyl groups excluding tert-OH is 2. The molecule has 14 heteroatoms. The normalized spacial score (nSPS) is 22.3. The van der Waals surface area contributed by atoms with Crippen molar-refractivity contribution in [3.05, 3.63) is 47.5 Å². The summed E-state index contributed by atoms with van der Waals surface area (Å²) in [5.41, 5.74) is 13.5. The fraction of sp³-hybridized carbons (Fsp3) is 0.500. The monoisotopic (exact) mass is 548 g/mol. The third-order valence-corrected chi connectivity index (χ3v) is 6.87. The zero-order chi connectivity index (χ0) is 27.2. The van der Waals surface area contributed by atoms with E-state index in [1.165, 1.54) is 17.2 Å². The largest absolute Gasteiger partial charge is 0.480 e. The Morgan fingerprint density at radius 1 is 1.16 bits per heavy atom. The number of nitrogen functional groups attached to an aromatic ring is 1. The fourth-order valence-electron chi connectivity index (χ4n) is 4.41. The van der Waals surface area contributed by atoms with Gasteiger partial charge in [0.05, 0.1) is 6.33 Å². The summed E-state index contributed by atoms with van der Waals surface area (Å²) in [5, 5.41) is 34.8. The van der Waals surface area contributed by atoms with Crippen molar-refractivity contribution in [1.82, 2.24) is 29.7 Å². The number of carboxylic acid groups (broad SMARTS) is 1. The molecule has 2 aromatic heterocycles. The van der Waals surface area contributed by atoms with Gasteiger partial charge in [0, 0.05) is 31.2 Å². The predicted molar refractivity (Wildman–Crippen MR) is 140 cm³/mol. The van der Waals surface area contributed by atoms with Gasteiger partial charge in [-0.2, -0.15) is 0 Å². The summed E-state index contributed by atoms with van der Waals surface area (Å²) in [4.78, 5) is 25.5. The summed E-state index contributed by atoms with van der Waals surface area (Å²) in [6.45, 7) is 2.54. The number of nitrogens with one attached hydrogen (secondary N) is 1. The number of anilines is 1. The fourth-order valence-corrected chi connectivity index (χ4v) is 4.53. The number of aromatic nitrogens is 4. The minimum absolute atomic E-state index is 0.197. The highest BCUT2D eigenvalue weighted by Crippen LogP contribution is 2.32. The van der Waals surface area contributed by atoms with E-state index in [-0.39, 0.29) is 18.8 Å². The van der Waals surface area contributed by atoms with Crippen molar-refractivity contribution >= 4 is 34.6 Å². The number of nitrogens with two attached hydrogens (primary N) is 2. The van der Waals surface area contributed by atoms with Gasteiger partial charge < -0.3 is 36.8 Å². The second kappa shape index (κ2) is 12.8. The van der Waals surface area contributed by atoms with Crippen LogP contribution in [0.5, 0.6) is 0 Å². The molecule has 8 N–H and O–H groups in total. The number of fused-ring (bicyclic) bond motifs is 1. The number of aliphatic hydroxyl groups is 2. The molecule has 0 bridgehead atoms. The van der Waals surface area contributed by atoms with E-state index >= 15 is 0 Å². The second-order valence-corrected chi connectivity index (χ2v) is 9.73. The van der Waals surface area contributed by atoms with Crippen LogP contribution in [0.3, 0.4) is 0 Å². The van der Waals surface area contributed by atoms with Crippen LogP contribution in [-0.2, 0) is 16.0 Å². The molecule has 0 aliphatic carbocycles. The lowest BCUT2D eigenvalue weighted by Crippen LogP contribution is -2.44. The van der Waals surface area contributed by atoms with Gasteiger partial charge in [0.1, 0.15) is 36.2 Å². The topological polar surface area (TPSA) is 198 Å². The molecule has 1 aromatic carbocycles. The third-order valence-electron chi connectivity index (χ3n) is 6.62. The number of hydrogen-bond acceptors (Lipinski definition) is 11. The molecule has 0 amide bonds. The summed E-state index contributed by atoms with van der Waals surface area (Å²) >= 11 is 5.94. The molecular formula is C24H33ClN8O5. The molecule has 3 aromatic rings. The lowest BCUT2D eigenvalue weighted by Gasteiger charge is -2.27. The molecule has 13 nitrogen and oxygen atoms in total. The summed E-state index contributed by atoms with van der Waals surface area (Å²) in [6.07, 6.45) is -0.342. The zero-order valence-corrected chi connectivity index (χ0v) is 21.5. The van der Waals surface area contributed by atoms with Crippen molar-refractivity contribution in [2.45, 2.75) is 43.4 Å². The molecule has 5 atom stereocenters. The maximum Gasteiger partial charge on any atom is 0.320 e. The molecule has 1 aliphatic heterocycles. The number of benzene rings is 1. The van der Waals surface area contributed by atoms with Crippen LogP contribution >= 0.6 is 11.6 Å². The van der Waals surface area contributed by atoms with Gasteiger partial charge in [0.2, 0.25) is 0 Å². The van der Waals surface area contributed by atoms with E-state index in [1.807, 2.05) is 29.2 Å². The maximum absolute atomic E-state index is 11.2. The molecule has 1 fully saturated rings. The average molecular weight is 549 g/mol. The van der Waals surface area contributed by atoms with Crippen molar-refractivity contribution in [2.24, 2.45) is 5.73 Å². The van der Waals surface area contributed by atoms with Gasteiger partial charge >= 0.3 is 5.97 Å². The van der Waals surface area contributed by atoms with Crippen molar-refractivity contribution in [3.63, 3.8) is 0 Å². The van der Waals surface area contributed by atoms with Gasteiger partial charge in [-0.1, -0.05) is 23.7 Å². The first-order valence-corrected chi connectivity index (χ1v) is 12.7. The molecule has 4 rings (SSSR count). The first-order valence-electron chi connectivity index (χ1n) is 12.3. The third kappa shape index (κ3) is 6.74. The van der Waals surface area contributed by atoms with Gasteiger partial charge in [-0.05, 0) is 37.1 Å². The molecule has 1 saturated heterocycles. The van der Waals surface area contributed by atoms with Crippen LogP contribution in [0.1, 0.15) is 18.2 Å². The molecule has 0 radical (unpaired) electrons. The predicted octanol–water partition coefficient (Wildman–Crippen LogP) is -0.383. The van der Waals surface area contributed by atoms with Gasteiger partial charge in [-0.3, -0.25) is 14.3 Å². The van der Waals surface area contributed by atoms with Crippen LogP contribution < -0.4 is 16.8 Å². The standard InChI is InChI=1S/C24H33ClN8O5/c25-15-3-1-14(2-4-15)5-7-28-8-10-32(9-6-16(26)24(36)37)11-17-19(34)20(35)23(38-17)33-13-31-18-21(27)29-12-30-22(18)33/h1-4,12-13,16-17,19-20,23,28,34-35H,5-11,26H2,(H,36,37)(H2,27,29,30)/t16-,17+,19+,20+,23+/m0/s1. The van der Waals surface area contributed by atoms with E-state index in [1.54, 1.807) is 0 Å². The lowest BCUT2D eigenvalue weighted by molar-refractivity contribution is -0.138. The Morgan fingerprint density at radius 3 is 2.66 bits per heavy atom. The summed E-state index contributed by atoms with van der Waals surface area (Å²) in [6, 6.07) is 6.66. The first kappa shape index (κ1) is 28.1. The average Bonchev–Trinajstić information content (AvgIpc) is 3.45. The zero-order valence-electron chi connectivity index (χ0n) is 20.7. The van der Waals surface area contributed by atoms with Crippen LogP contribution in [-0.4, -0.2) is 103 Å². The van der Waals surface area contributed by atoms with E-state index < -0.39 is 36.6 Å². The highest BCUT2D eigenvalue weighted by molar-refractivity contribution is 6.30. The molecule has 1 aliphatic rings. The van der Waals surface area contributed by atoms with Crippen molar-refractivity contribution in [1.29, 1.82) is 0 Å². The molecule has 0 saturated carbocycles. The summed E-state index contributed by atoms with van der Waals surface area (Å²) < 4.78 is 7.58. The minimum atomic E-state index is -1.24. The number of rotatable bonds is 13. The Labute approximate surface area is 224 Å². The molecular weight excluding hydrogens is 516 g/mol. The number of hydrogen-bond donors (Lipinski definition) is 6. The van der Waals surface area contributed by atoms with Crippen molar-refractivity contribution < 1.29 is 24.9 Å². The molecule has 0 unspecified atom stereocenters. The highest BCUT2D eigenvalue weighted by Gasteiger charge is 2.44. The highest BCUT2D eigenvalue weighted by atomic mass is 35.5. The smallest absolute Gasteiger partial charge is 0.320 e. The summed E-state index contributed by atoms with van der Waals surface area (Å²) in [7, 11) is 0. The Morgan fingerprint density at radius 2 is 1.92 bits per heavy atom. The second-order valence-electron chi connectivity index (χ2n) is 9.29. The lowest BCUT2D eigenvalue weighted by atomic mass is 10.1. The Balaban J connectivity index is 1.36. The van der Waals surface area contributed by atoms with E-state index in [0.717, 1.165) is 18.5 Å². The molecule has 3 heterocycles. The van der Waals surface area contributed by atoms with Crippen LogP contribution in [0.4, 0.5) is 5.82 Å². The SMILES string of the molecule is Nc1ncnc2c1ncn2[C@@H]1O[C@H](CN(CCNCCc2ccc(Cl)cc2)CC[C@H](N)C(=O)O)[C@@H](O)[C@H]1O. The van der Waals surface area contributed by atoms with Crippen LogP contribution in [0.15, 0.2) is 36.9 Å². The number of carbonyl (C=O) groups is 1. The Kier molecular flexibility index (Phi) is 9.44. The molecule has 38 heavy (non-hydrogen) atoms. The van der Waals surface area contributed by atoms with Crippen molar-refractivity contribution in [2.75, 3.05) is 38.5 Å². The van der Waals surface area contributed by atoms with E-state index in [2.05, 4.69) is 20.3 Å². The summed E-state index contributed by atoms with van der Waals surface area (Å²) in [5.74, 6) is -0.880. The number of halogens is 1. The molecule has 0 spiro atoms. The van der Waals surface area contributed by atoms with E-state index in [0.29, 0.717) is 35.8 Å². The number of aliphatic carboxylic acids is 1. The number of nitrogens with zero attached hydrogens (tertiary/aromatic N) is 5. The quantitative estimate of drug-likeness (QED) is 0.151. The van der Waals surface area contributed by atoms with Gasteiger partial charge in [-0.25, -0.2) is 15.0 Å². The van der Waals surface area contributed by atoms with Gasteiger partial charge in [0.15, 0.2) is 17.7 Å². The van der Waals surface area contributed by atoms with Crippen LogP contribution in [0.2, 0.25) is 5.02 Å².